The Labute approximate surface area is 270 Å². The van der Waals surface area contributed by atoms with E-state index < -0.39 is 10.8 Å². The van der Waals surface area contributed by atoms with E-state index in [0.29, 0.717) is 13.0 Å². The predicted octanol–water partition coefficient (Wildman–Crippen LogP) is 8.30. The molecule has 7 atom stereocenters. The fourth-order valence-corrected chi connectivity index (χ4v) is 11.4. The van der Waals surface area contributed by atoms with Crippen LogP contribution in [0.3, 0.4) is 0 Å². The van der Waals surface area contributed by atoms with E-state index in [0.717, 1.165) is 62.5 Å². The number of fused-ring (bicyclic) bond motifs is 7. The van der Waals surface area contributed by atoms with Crippen LogP contribution in [0, 0.1) is 61.6 Å². The first kappa shape index (κ1) is 32.0. The van der Waals surface area contributed by atoms with Gasteiger partial charge >= 0.3 is 0 Å². The Morgan fingerprint density at radius 3 is 2.33 bits per heavy atom. The number of carbonyl (C=O) groups excluding carboxylic acids is 3. The third kappa shape index (κ3) is 4.72. The van der Waals surface area contributed by atoms with Crippen LogP contribution in [0.15, 0.2) is 53.6 Å². The molecule has 5 aliphatic rings. The normalized spacial score (nSPS) is 39.6. The summed E-state index contributed by atoms with van der Waals surface area (Å²) in [7, 11) is 0. The summed E-state index contributed by atoms with van der Waals surface area (Å²) in [6.45, 7) is 16.2. The molecule has 3 saturated carbocycles. The van der Waals surface area contributed by atoms with E-state index >= 15 is 0 Å². The van der Waals surface area contributed by atoms with Crippen molar-refractivity contribution in [1.82, 2.24) is 5.32 Å². The molecule has 6 rings (SSSR count). The number of carbonyl (C=O) groups is 3. The second-order valence-corrected chi connectivity index (χ2v) is 17.4. The third-order valence-corrected chi connectivity index (χ3v) is 14.2. The average molecular weight is 609 g/mol. The minimum atomic E-state index is -0.659. The Kier molecular flexibility index (Phi) is 7.47. The fourth-order valence-electron chi connectivity index (χ4n) is 11.4. The lowest BCUT2D eigenvalue weighted by molar-refractivity contribution is -0.173. The highest BCUT2D eigenvalue weighted by molar-refractivity contribution is 6.04. The van der Waals surface area contributed by atoms with Gasteiger partial charge < -0.3 is 5.32 Å². The summed E-state index contributed by atoms with van der Waals surface area (Å²) in [5.74, 6) is 0.438. The molecule has 0 radical (unpaired) electrons. The van der Waals surface area contributed by atoms with Crippen LogP contribution in [0.2, 0.25) is 0 Å². The zero-order valence-corrected chi connectivity index (χ0v) is 28.5. The molecule has 5 nitrogen and oxygen atoms in total. The summed E-state index contributed by atoms with van der Waals surface area (Å²) in [5.41, 5.74) is 0.992. The van der Waals surface area contributed by atoms with E-state index in [2.05, 4.69) is 46.0 Å². The monoisotopic (exact) mass is 608 g/mol. The number of Topliss-reactive ketones (excluding diaryl/α,β-unsaturated/α-hetero) is 1. The second kappa shape index (κ2) is 10.5. The average Bonchev–Trinajstić information content (AvgIpc) is 2.99. The number of allylic oxidation sites excluding steroid dienone is 4. The van der Waals surface area contributed by atoms with E-state index in [4.69, 9.17) is 0 Å². The van der Waals surface area contributed by atoms with Crippen LogP contribution in [0.4, 0.5) is 0 Å². The summed E-state index contributed by atoms with van der Waals surface area (Å²) in [4.78, 5) is 41.2. The lowest BCUT2D eigenvalue weighted by Gasteiger charge is -2.69. The first-order valence-electron chi connectivity index (χ1n) is 17.3. The Bertz CT molecular complexity index is 1530. The largest absolute Gasteiger partial charge is 0.352 e. The smallest absolute Gasteiger partial charge is 0.220 e. The third-order valence-electron chi connectivity index (χ3n) is 14.2. The molecule has 5 heteroatoms. The first-order chi connectivity index (χ1) is 21.0. The number of hydrogen-bond acceptors (Lipinski definition) is 4. The molecule has 5 aliphatic carbocycles. The second-order valence-electron chi connectivity index (χ2n) is 17.4. The number of ketones is 2. The Morgan fingerprint density at radius 1 is 0.956 bits per heavy atom. The molecule has 3 fully saturated rings. The summed E-state index contributed by atoms with van der Waals surface area (Å²) in [5, 5.41) is 13.1. The molecule has 0 bridgehead atoms. The fraction of sp³-hybridized carbons (Fsp3) is 0.650. The highest BCUT2D eigenvalue weighted by Gasteiger charge is 2.69. The molecule has 1 aromatic carbocycles. The molecule has 0 aliphatic heterocycles. The standard InChI is InChI=1S/C40H52N2O3/c1-35(2)17-19-40(16-14-32(44)42-25-26-11-9-8-10-12-26)20-18-39(7)33(28(40)23-35)29(43)21-31-37(5)22-27(24-41)34(45)36(3,4)30(37)13-15-38(31,39)6/h8-12,21-22,28,30,33H,13-20,23,25H2,1-7H3,(H,42,44). The summed E-state index contributed by atoms with van der Waals surface area (Å²) in [6, 6.07) is 12.3. The van der Waals surface area contributed by atoms with Crippen LogP contribution in [-0.4, -0.2) is 17.5 Å². The van der Waals surface area contributed by atoms with E-state index in [9.17, 15) is 19.6 Å². The Balaban J connectivity index is 1.35. The van der Waals surface area contributed by atoms with Crippen LogP contribution in [0.25, 0.3) is 0 Å². The van der Waals surface area contributed by atoms with Gasteiger partial charge in [-0.2, -0.15) is 5.26 Å². The van der Waals surface area contributed by atoms with Crippen molar-refractivity contribution in [2.45, 2.75) is 113 Å². The molecule has 0 aromatic heterocycles. The molecule has 1 amide bonds. The maximum Gasteiger partial charge on any atom is 0.220 e. The number of amides is 1. The molecule has 0 spiro atoms. The number of benzene rings is 1. The SMILES string of the molecule is CC1(C)CCC2(CCC(=O)NCc3ccccc3)CCC3(C)C(C(=O)C=C4C5(C)C=C(C#N)C(=O)C(C)(C)C5CCC43C)C2C1. The van der Waals surface area contributed by atoms with Gasteiger partial charge in [-0.25, -0.2) is 0 Å². The number of rotatable bonds is 5. The van der Waals surface area contributed by atoms with Crippen molar-refractivity contribution in [3.63, 3.8) is 0 Å². The summed E-state index contributed by atoms with van der Waals surface area (Å²) >= 11 is 0. The Hall–Kier alpha value is -3.00. The van der Waals surface area contributed by atoms with Gasteiger partial charge in [0.25, 0.3) is 0 Å². The van der Waals surface area contributed by atoms with Gasteiger partial charge in [0.1, 0.15) is 6.07 Å². The van der Waals surface area contributed by atoms with Gasteiger partial charge in [0.05, 0.1) is 5.57 Å². The van der Waals surface area contributed by atoms with Crippen molar-refractivity contribution in [1.29, 1.82) is 5.26 Å². The summed E-state index contributed by atoms with van der Waals surface area (Å²) < 4.78 is 0. The van der Waals surface area contributed by atoms with Crippen LogP contribution >= 0.6 is 0 Å². The van der Waals surface area contributed by atoms with Crippen LogP contribution in [0.5, 0.6) is 0 Å². The Morgan fingerprint density at radius 2 is 1.64 bits per heavy atom. The lowest BCUT2D eigenvalue weighted by atomic mass is 9.34. The molecule has 240 valence electrons. The van der Waals surface area contributed by atoms with Gasteiger partial charge in [-0.15, -0.1) is 0 Å². The molecule has 7 unspecified atom stereocenters. The van der Waals surface area contributed by atoms with E-state index in [1.165, 1.54) is 0 Å². The molecule has 1 aromatic rings. The quantitative estimate of drug-likeness (QED) is 0.364. The van der Waals surface area contributed by atoms with Crippen molar-refractivity contribution in [3.8, 4) is 6.07 Å². The lowest BCUT2D eigenvalue weighted by Crippen LogP contribution is -2.64. The van der Waals surface area contributed by atoms with Gasteiger partial charge in [-0.1, -0.05) is 90.4 Å². The van der Waals surface area contributed by atoms with Gasteiger partial charge in [-0.3, -0.25) is 14.4 Å². The highest BCUT2D eigenvalue weighted by atomic mass is 16.1. The zero-order chi connectivity index (χ0) is 32.6. The first-order valence-corrected chi connectivity index (χ1v) is 17.3. The van der Waals surface area contributed by atoms with Gasteiger partial charge in [-0.05, 0) is 96.5 Å². The van der Waals surface area contributed by atoms with Crippen molar-refractivity contribution >= 4 is 17.5 Å². The van der Waals surface area contributed by atoms with Crippen LogP contribution < -0.4 is 5.32 Å². The van der Waals surface area contributed by atoms with E-state index in [1.54, 1.807) is 0 Å². The molecular formula is C40H52N2O3. The number of nitrogens with zero attached hydrogens (tertiary/aromatic N) is 1. The van der Waals surface area contributed by atoms with Gasteiger partial charge in [0, 0.05) is 29.7 Å². The number of nitrogens with one attached hydrogen (secondary N) is 1. The van der Waals surface area contributed by atoms with Crippen molar-refractivity contribution in [3.05, 3.63) is 59.2 Å². The van der Waals surface area contributed by atoms with Gasteiger partial charge in [0.15, 0.2) is 11.6 Å². The number of hydrogen-bond donors (Lipinski definition) is 1. The zero-order valence-electron chi connectivity index (χ0n) is 28.5. The maximum absolute atomic E-state index is 14.7. The van der Waals surface area contributed by atoms with Crippen molar-refractivity contribution in [2.75, 3.05) is 0 Å². The molecule has 45 heavy (non-hydrogen) atoms. The summed E-state index contributed by atoms with van der Waals surface area (Å²) in [6.07, 6.45) is 12.2. The van der Waals surface area contributed by atoms with Crippen LogP contribution in [0.1, 0.15) is 112 Å². The molecule has 0 heterocycles. The van der Waals surface area contributed by atoms with Crippen molar-refractivity contribution in [2.24, 2.45) is 50.2 Å². The van der Waals surface area contributed by atoms with Crippen LogP contribution in [-0.2, 0) is 20.9 Å². The topological polar surface area (TPSA) is 87.0 Å². The number of nitriles is 1. The van der Waals surface area contributed by atoms with E-state index in [1.807, 2.05) is 56.3 Å². The minimum absolute atomic E-state index is 0.0185. The maximum atomic E-state index is 14.7. The highest BCUT2D eigenvalue weighted by Crippen LogP contribution is 2.75. The van der Waals surface area contributed by atoms with Crippen molar-refractivity contribution < 1.29 is 14.4 Å². The predicted molar refractivity (Wildman–Crippen MR) is 176 cm³/mol. The van der Waals surface area contributed by atoms with E-state index in [-0.39, 0.29) is 62.5 Å². The minimum Gasteiger partial charge on any atom is -0.352 e. The van der Waals surface area contributed by atoms with Gasteiger partial charge in [0.2, 0.25) is 5.91 Å². The molecule has 0 saturated heterocycles. The molecular weight excluding hydrogens is 556 g/mol. The molecule has 1 N–H and O–H groups in total.